The molecule has 0 aliphatic carbocycles. The molecule has 16 heavy (non-hydrogen) atoms. The summed E-state index contributed by atoms with van der Waals surface area (Å²) in [5.41, 5.74) is 0.0824. The molecule has 7 heteroatoms. The number of nitrogens with one attached hydrogen (secondary N) is 1. The molecule has 2 heterocycles. The SMILES string of the molecule is O=CNCCC1=C(C(=O)O)N2C(=O)C[C@H]2S1. The Balaban J connectivity index is 2.12. The summed E-state index contributed by atoms with van der Waals surface area (Å²) in [4.78, 5) is 34.3. The van der Waals surface area contributed by atoms with Crippen LogP contribution in [-0.4, -0.2) is 40.2 Å². The first-order valence-electron chi connectivity index (χ1n) is 4.77. The third-order valence-electron chi connectivity index (χ3n) is 2.47. The second-order valence-electron chi connectivity index (χ2n) is 3.44. The van der Waals surface area contributed by atoms with Gasteiger partial charge in [-0.15, -0.1) is 11.8 Å². The summed E-state index contributed by atoms with van der Waals surface area (Å²) in [5, 5.41) is 11.4. The standard InChI is InChI=1S/C9H10N2O4S/c12-4-10-2-1-5-8(9(14)15)11-6(13)3-7(11)16-5/h4,7H,1-3H2,(H,10,12)(H,14,15)/t7-/m1/s1. The van der Waals surface area contributed by atoms with E-state index >= 15 is 0 Å². The number of nitrogens with zero attached hydrogens (tertiary/aromatic N) is 1. The Morgan fingerprint density at radius 1 is 1.69 bits per heavy atom. The minimum absolute atomic E-state index is 0.0511. The van der Waals surface area contributed by atoms with Gasteiger partial charge in [-0.3, -0.25) is 14.5 Å². The summed E-state index contributed by atoms with van der Waals surface area (Å²) in [7, 11) is 0. The van der Waals surface area contributed by atoms with E-state index in [1.54, 1.807) is 0 Å². The lowest BCUT2D eigenvalue weighted by atomic mass is 10.1. The van der Waals surface area contributed by atoms with Crippen molar-refractivity contribution in [1.29, 1.82) is 0 Å². The van der Waals surface area contributed by atoms with E-state index in [-0.39, 0.29) is 17.0 Å². The molecule has 86 valence electrons. The van der Waals surface area contributed by atoms with Crippen molar-refractivity contribution in [2.24, 2.45) is 0 Å². The van der Waals surface area contributed by atoms with E-state index < -0.39 is 5.97 Å². The van der Waals surface area contributed by atoms with Crippen LogP contribution in [0.25, 0.3) is 0 Å². The Kier molecular flexibility index (Phi) is 2.86. The van der Waals surface area contributed by atoms with Crippen LogP contribution in [0.4, 0.5) is 0 Å². The van der Waals surface area contributed by atoms with Gasteiger partial charge in [-0.1, -0.05) is 0 Å². The molecule has 6 nitrogen and oxygen atoms in total. The number of carbonyl (C=O) groups is 3. The molecule has 0 spiro atoms. The predicted octanol–water partition coefficient (Wildman–Crippen LogP) is -0.276. The molecule has 0 radical (unpaired) electrons. The van der Waals surface area contributed by atoms with Gasteiger partial charge < -0.3 is 10.4 Å². The number of thioether (sulfide) groups is 1. The molecule has 2 N–H and O–H groups in total. The molecule has 0 saturated carbocycles. The zero-order chi connectivity index (χ0) is 11.7. The van der Waals surface area contributed by atoms with Crippen LogP contribution in [0.5, 0.6) is 0 Å². The molecule has 0 unspecified atom stereocenters. The molecular weight excluding hydrogens is 232 g/mol. The number of carbonyl (C=O) groups excluding carboxylic acids is 2. The second kappa shape index (κ2) is 4.17. The molecule has 0 bridgehead atoms. The molecule has 1 fully saturated rings. The molecule has 1 saturated heterocycles. The fourth-order valence-electron chi connectivity index (χ4n) is 1.75. The first kappa shape index (κ1) is 11.0. The smallest absolute Gasteiger partial charge is 0.353 e. The number of hydrogen-bond donors (Lipinski definition) is 2. The van der Waals surface area contributed by atoms with E-state index in [1.165, 1.54) is 16.7 Å². The Bertz CT molecular complexity index is 393. The van der Waals surface area contributed by atoms with Crippen LogP contribution in [0, 0.1) is 0 Å². The number of hydrogen-bond acceptors (Lipinski definition) is 4. The van der Waals surface area contributed by atoms with E-state index in [2.05, 4.69) is 5.32 Å². The van der Waals surface area contributed by atoms with Crippen LogP contribution >= 0.6 is 11.8 Å². The maximum atomic E-state index is 11.2. The lowest BCUT2D eigenvalue weighted by molar-refractivity contribution is -0.145. The highest BCUT2D eigenvalue weighted by molar-refractivity contribution is 8.04. The van der Waals surface area contributed by atoms with Crippen molar-refractivity contribution in [1.82, 2.24) is 10.2 Å². The fraction of sp³-hybridized carbons (Fsp3) is 0.444. The van der Waals surface area contributed by atoms with Crippen molar-refractivity contribution < 1.29 is 19.5 Å². The molecule has 0 aromatic carbocycles. The van der Waals surface area contributed by atoms with Crippen molar-refractivity contribution in [3.05, 3.63) is 10.6 Å². The number of β-lactam (4-membered cyclic amide) rings is 1. The number of carboxylic acid groups (broad SMARTS) is 1. The second-order valence-corrected chi connectivity index (χ2v) is 4.71. The first-order chi connectivity index (χ1) is 7.65. The van der Waals surface area contributed by atoms with Crippen LogP contribution < -0.4 is 5.32 Å². The quantitative estimate of drug-likeness (QED) is 0.393. The Hall–Kier alpha value is -1.50. The molecule has 2 amide bonds. The van der Waals surface area contributed by atoms with Crippen LogP contribution in [0.15, 0.2) is 10.6 Å². The molecule has 2 rings (SSSR count). The van der Waals surface area contributed by atoms with E-state index in [0.29, 0.717) is 30.7 Å². The van der Waals surface area contributed by atoms with Crippen LogP contribution in [0.3, 0.4) is 0 Å². The molecule has 1 atom stereocenters. The normalized spacial score (nSPS) is 22.9. The van der Waals surface area contributed by atoms with Gasteiger partial charge in [0.15, 0.2) is 0 Å². The van der Waals surface area contributed by atoms with Crippen molar-refractivity contribution in [2.45, 2.75) is 18.2 Å². The summed E-state index contributed by atoms with van der Waals surface area (Å²) in [5.74, 6) is -1.22. The number of aliphatic carboxylic acids is 1. The van der Waals surface area contributed by atoms with Gasteiger partial charge in [0, 0.05) is 11.4 Å². The zero-order valence-corrected chi connectivity index (χ0v) is 9.12. The lowest BCUT2D eigenvalue weighted by Gasteiger charge is -2.33. The fourth-order valence-corrected chi connectivity index (χ4v) is 3.15. The largest absolute Gasteiger partial charge is 0.477 e. The third kappa shape index (κ3) is 1.67. The lowest BCUT2D eigenvalue weighted by Crippen LogP contribution is -2.48. The monoisotopic (exact) mass is 242 g/mol. The zero-order valence-electron chi connectivity index (χ0n) is 8.30. The molecule has 0 aromatic heterocycles. The van der Waals surface area contributed by atoms with E-state index in [9.17, 15) is 14.4 Å². The third-order valence-corrected chi connectivity index (χ3v) is 3.80. The summed E-state index contributed by atoms with van der Waals surface area (Å²) in [6, 6.07) is 0. The van der Waals surface area contributed by atoms with Crippen molar-refractivity contribution in [3.63, 3.8) is 0 Å². The van der Waals surface area contributed by atoms with Crippen LogP contribution in [0.1, 0.15) is 12.8 Å². The summed E-state index contributed by atoms with van der Waals surface area (Å²) < 4.78 is 0. The van der Waals surface area contributed by atoms with Gasteiger partial charge in [0.1, 0.15) is 5.70 Å². The van der Waals surface area contributed by atoms with Crippen LogP contribution in [0.2, 0.25) is 0 Å². The summed E-state index contributed by atoms with van der Waals surface area (Å²) >= 11 is 1.40. The Morgan fingerprint density at radius 3 is 3.00 bits per heavy atom. The van der Waals surface area contributed by atoms with Crippen molar-refractivity contribution in [3.8, 4) is 0 Å². The van der Waals surface area contributed by atoms with Gasteiger partial charge in [-0.2, -0.15) is 0 Å². The summed E-state index contributed by atoms with van der Waals surface area (Å²) in [6.07, 6.45) is 1.41. The highest BCUT2D eigenvalue weighted by atomic mass is 32.2. The number of fused-ring (bicyclic) bond motifs is 1. The highest BCUT2D eigenvalue weighted by Crippen LogP contribution is 2.47. The maximum Gasteiger partial charge on any atom is 0.353 e. The van der Waals surface area contributed by atoms with Gasteiger partial charge in [0.25, 0.3) is 0 Å². The van der Waals surface area contributed by atoms with Gasteiger partial charge in [-0.05, 0) is 6.42 Å². The van der Waals surface area contributed by atoms with Gasteiger partial charge in [0.05, 0.1) is 11.8 Å². The number of carboxylic acids is 1. The van der Waals surface area contributed by atoms with E-state index in [1.807, 2.05) is 0 Å². The minimum Gasteiger partial charge on any atom is -0.477 e. The highest BCUT2D eigenvalue weighted by Gasteiger charge is 2.47. The number of rotatable bonds is 5. The average Bonchev–Trinajstić information content (AvgIpc) is 2.52. The number of amides is 2. The van der Waals surface area contributed by atoms with Crippen LogP contribution in [-0.2, 0) is 14.4 Å². The van der Waals surface area contributed by atoms with E-state index in [0.717, 1.165) is 0 Å². The molecule has 2 aliphatic heterocycles. The Labute approximate surface area is 95.7 Å². The van der Waals surface area contributed by atoms with Crippen molar-refractivity contribution in [2.75, 3.05) is 6.54 Å². The maximum absolute atomic E-state index is 11.2. The van der Waals surface area contributed by atoms with Gasteiger partial charge >= 0.3 is 5.97 Å². The Morgan fingerprint density at radius 2 is 2.44 bits per heavy atom. The van der Waals surface area contributed by atoms with Gasteiger partial charge in [0.2, 0.25) is 12.3 Å². The average molecular weight is 242 g/mol. The molecule has 2 aliphatic rings. The van der Waals surface area contributed by atoms with Gasteiger partial charge in [-0.25, -0.2) is 4.79 Å². The van der Waals surface area contributed by atoms with Crippen molar-refractivity contribution >= 4 is 30.0 Å². The topological polar surface area (TPSA) is 86.7 Å². The molecular formula is C9H10N2O4S. The molecule has 0 aromatic rings. The van der Waals surface area contributed by atoms with E-state index in [4.69, 9.17) is 5.11 Å². The first-order valence-corrected chi connectivity index (χ1v) is 5.65. The minimum atomic E-state index is -1.08. The summed E-state index contributed by atoms with van der Waals surface area (Å²) in [6.45, 7) is 0.386. The predicted molar refractivity (Wildman–Crippen MR) is 56.2 cm³/mol.